The third kappa shape index (κ3) is 5.97. The minimum atomic E-state index is -2.53. The smallest absolute Gasteiger partial charge is 0.263 e. The molecule has 1 saturated carbocycles. The fourth-order valence-corrected chi connectivity index (χ4v) is 5.78. The average molecular weight is 528 g/mol. The van der Waals surface area contributed by atoms with Gasteiger partial charge in [0.1, 0.15) is 16.5 Å². The Morgan fingerprint density at radius 1 is 1.17 bits per heavy atom. The van der Waals surface area contributed by atoms with Gasteiger partial charge in [-0.3, -0.25) is 14.7 Å². The van der Waals surface area contributed by atoms with E-state index in [-0.39, 0.29) is 37.3 Å². The molecule has 3 aliphatic rings. The van der Waals surface area contributed by atoms with Gasteiger partial charge in [0, 0.05) is 38.2 Å². The highest BCUT2D eigenvalue weighted by molar-refractivity contribution is 7.17. The fourth-order valence-electron chi connectivity index (χ4n) is 4.90. The number of alkyl halides is 2. The second kappa shape index (κ2) is 10.6. The topological polar surface area (TPSA) is 70.6 Å². The van der Waals surface area contributed by atoms with Crippen molar-refractivity contribution < 1.29 is 27.1 Å². The Hall–Kier alpha value is -2.31. The molecule has 2 unspecified atom stereocenters. The van der Waals surface area contributed by atoms with Gasteiger partial charge in [-0.2, -0.15) is 0 Å². The van der Waals surface area contributed by atoms with E-state index in [0.29, 0.717) is 10.9 Å². The Morgan fingerprint density at radius 2 is 1.94 bits per heavy atom. The second-order valence-electron chi connectivity index (χ2n) is 9.74. The molecule has 2 atom stereocenters. The molecule has 1 amide bonds. The molecular weight excluding hydrogens is 498 g/mol. The predicted octanol–water partition coefficient (Wildman–Crippen LogP) is 3.85. The SMILES string of the molecule is O=C(NCc1ncc(F)cc1F)c1cnc(N2CCC(N3CCCC(OCC4CC4(F)F)C3)CC2)s1. The highest BCUT2D eigenvalue weighted by Crippen LogP contribution is 2.48. The van der Waals surface area contributed by atoms with Crippen molar-refractivity contribution in [2.75, 3.05) is 37.7 Å². The minimum absolute atomic E-state index is 0.0202. The van der Waals surface area contributed by atoms with Gasteiger partial charge in [0.25, 0.3) is 11.8 Å². The van der Waals surface area contributed by atoms with Crippen LogP contribution in [0.4, 0.5) is 22.7 Å². The Kier molecular flexibility index (Phi) is 7.45. The Bertz CT molecular complexity index is 1080. The molecule has 7 nitrogen and oxygen atoms in total. The molecule has 5 rings (SSSR count). The fraction of sp³-hybridized carbons (Fsp3) is 0.625. The van der Waals surface area contributed by atoms with E-state index in [9.17, 15) is 22.4 Å². The summed E-state index contributed by atoms with van der Waals surface area (Å²) in [6, 6.07) is 1.14. The zero-order valence-electron chi connectivity index (χ0n) is 19.8. The summed E-state index contributed by atoms with van der Waals surface area (Å²) in [5, 5.41) is 3.36. The van der Waals surface area contributed by atoms with E-state index in [2.05, 4.69) is 25.1 Å². The van der Waals surface area contributed by atoms with Crippen LogP contribution in [0, 0.1) is 17.6 Å². The van der Waals surface area contributed by atoms with E-state index in [1.807, 2.05) is 0 Å². The van der Waals surface area contributed by atoms with E-state index in [4.69, 9.17) is 4.74 Å². The molecule has 2 saturated heterocycles. The van der Waals surface area contributed by atoms with E-state index in [0.717, 1.165) is 69.3 Å². The van der Waals surface area contributed by atoms with Gasteiger partial charge in [-0.15, -0.1) is 0 Å². The van der Waals surface area contributed by atoms with E-state index in [1.54, 1.807) is 0 Å². The first-order valence-corrected chi connectivity index (χ1v) is 13.1. The number of hydrogen-bond donors (Lipinski definition) is 1. The number of aromatic nitrogens is 2. The molecule has 2 aromatic heterocycles. The summed E-state index contributed by atoms with van der Waals surface area (Å²) in [6.07, 6.45) is 6.21. The number of halogens is 4. The summed E-state index contributed by atoms with van der Waals surface area (Å²) < 4.78 is 58.8. The Labute approximate surface area is 210 Å². The normalized spacial score (nSPS) is 24.6. The number of likely N-dealkylation sites (tertiary alicyclic amines) is 1. The summed E-state index contributed by atoms with van der Waals surface area (Å²) in [4.78, 5) is 25.5. The number of pyridine rings is 1. The van der Waals surface area contributed by atoms with Crippen LogP contribution in [0.15, 0.2) is 18.5 Å². The van der Waals surface area contributed by atoms with E-state index < -0.39 is 23.5 Å². The molecule has 2 aliphatic heterocycles. The maximum absolute atomic E-state index is 13.7. The van der Waals surface area contributed by atoms with Gasteiger partial charge in [-0.05, 0) is 32.2 Å². The van der Waals surface area contributed by atoms with Crippen molar-refractivity contribution in [3.63, 3.8) is 0 Å². The van der Waals surface area contributed by atoms with Gasteiger partial charge in [0.15, 0.2) is 5.13 Å². The van der Waals surface area contributed by atoms with Crippen LogP contribution in [0.1, 0.15) is 47.5 Å². The van der Waals surface area contributed by atoms with Crippen LogP contribution in [0.2, 0.25) is 0 Å². The monoisotopic (exact) mass is 527 g/mol. The first kappa shape index (κ1) is 25.3. The Balaban J connectivity index is 1.07. The molecule has 0 bridgehead atoms. The summed E-state index contributed by atoms with van der Waals surface area (Å²) >= 11 is 1.28. The molecular formula is C24H29F4N5O2S. The molecule has 0 radical (unpaired) electrons. The number of piperidine rings is 2. The number of rotatable bonds is 8. The largest absolute Gasteiger partial charge is 0.376 e. The number of anilines is 1. The zero-order chi connectivity index (χ0) is 25.3. The molecule has 36 heavy (non-hydrogen) atoms. The summed E-state index contributed by atoms with van der Waals surface area (Å²) in [6.45, 7) is 3.40. The maximum atomic E-state index is 13.7. The number of ether oxygens (including phenoxy) is 1. The molecule has 2 aromatic rings. The lowest BCUT2D eigenvalue weighted by Crippen LogP contribution is -2.50. The molecule has 12 heteroatoms. The number of carbonyl (C=O) groups is 1. The lowest BCUT2D eigenvalue weighted by Gasteiger charge is -2.42. The van der Waals surface area contributed by atoms with Gasteiger partial charge in [-0.1, -0.05) is 11.3 Å². The van der Waals surface area contributed by atoms with Gasteiger partial charge < -0.3 is 15.0 Å². The number of thiazole rings is 1. The van der Waals surface area contributed by atoms with Gasteiger partial charge in [-0.25, -0.2) is 22.5 Å². The first-order chi connectivity index (χ1) is 17.3. The van der Waals surface area contributed by atoms with Crippen molar-refractivity contribution in [2.45, 2.75) is 56.7 Å². The van der Waals surface area contributed by atoms with Crippen LogP contribution in [0.25, 0.3) is 0 Å². The number of nitrogens with zero attached hydrogens (tertiary/aromatic N) is 4. The van der Waals surface area contributed by atoms with Crippen molar-refractivity contribution in [1.29, 1.82) is 0 Å². The molecule has 196 valence electrons. The standard InChI is InChI=1S/C24H29F4N5O2S/c25-16-8-19(26)20(29-10-16)11-30-22(34)21-12-31-23(36-21)32-6-3-17(4-7-32)33-5-1-2-18(13-33)35-14-15-9-24(15,27)28/h8,10,12,15,17-18H,1-7,9,11,13-14H2,(H,30,34). The van der Waals surface area contributed by atoms with Crippen molar-refractivity contribution in [2.24, 2.45) is 5.92 Å². The highest BCUT2D eigenvalue weighted by atomic mass is 32.1. The van der Waals surface area contributed by atoms with Crippen molar-refractivity contribution in [3.8, 4) is 0 Å². The van der Waals surface area contributed by atoms with Crippen LogP contribution < -0.4 is 10.2 Å². The zero-order valence-corrected chi connectivity index (χ0v) is 20.6. The molecule has 1 aliphatic carbocycles. The molecule has 0 spiro atoms. The summed E-state index contributed by atoms with van der Waals surface area (Å²) in [5.41, 5.74) is -0.0348. The Morgan fingerprint density at radius 3 is 2.67 bits per heavy atom. The maximum Gasteiger partial charge on any atom is 0.263 e. The lowest BCUT2D eigenvalue weighted by molar-refractivity contribution is -0.0316. The van der Waals surface area contributed by atoms with Gasteiger partial charge in [0.05, 0.1) is 43.3 Å². The third-order valence-corrected chi connectivity index (χ3v) is 8.22. The van der Waals surface area contributed by atoms with Gasteiger partial charge in [0.2, 0.25) is 0 Å². The van der Waals surface area contributed by atoms with Crippen LogP contribution in [-0.2, 0) is 11.3 Å². The quantitative estimate of drug-likeness (QED) is 0.526. The van der Waals surface area contributed by atoms with Crippen molar-refractivity contribution >= 4 is 22.4 Å². The second-order valence-corrected chi connectivity index (χ2v) is 10.8. The molecule has 1 N–H and O–H groups in total. The van der Waals surface area contributed by atoms with Crippen LogP contribution in [-0.4, -0.2) is 71.6 Å². The molecule has 4 heterocycles. The summed E-state index contributed by atoms with van der Waals surface area (Å²) in [5.74, 6) is -5.11. The van der Waals surface area contributed by atoms with Crippen LogP contribution in [0.5, 0.6) is 0 Å². The minimum Gasteiger partial charge on any atom is -0.376 e. The molecule has 0 aromatic carbocycles. The van der Waals surface area contributed by atoms with Crippen LogP contribution in [0.3, 0.4) is 0 Å². The third-order valence-electron chi connectivity index (χ3n) is 7.17. The van der Waals surface area contributed by atoms with E-state index >= 15 is 0 Å². The van der Waals surface area contributed by atoms with Gasteiger partial charge >= 0.3 is 0 Å². The number of hydrogen-bond acceptors (Lipinski definition) is 7. The predicted molar refractivity (Wildman–Crippen MR) is 126 cm³/mol. The van der Waals surface area contributed by atoms with Crippen molar-refractivity contribution in [3.05, 3.63) is 40.7 Å². The van der Waals surface area contributed by atoms with E-state index in [1.165, 1.54) is 17.5 Å². The van der Waals surface area contributed by atoms with Crippen LogP contribution >= 0.6 is 11.3 Å². The van der Waals surface area contributed by atoms with Crippen molar-refractivity contribution in [1.82, 2.24) is 20.2 Å². The number of nitrogens with one attached hydrogen (secondary N) is 1. The lowest BCUT2D eigenvalue weighted by atomic mass is 9.99. The number of carbonyl (C=O) groups excluding carboxylic acids is 1. The first-order valence-electron chi connectivity index (χ1n) is 12.3. The average Bonchev–Trinajstić information content (AvgIpc) is 3.24. The summed E-state index contributed by atoms with van der Waals surface area (Å²) in [7, 11) is 0. The molecule has 3 fully saturated rings. The number of amides is 1. The highest BCUT2D eigenvalue weighted by Gasteiger charge is 2.57.